The van der Waals surface area contributed by atoms with Crippen LogP contribution in [0, 0.1) is 41.5 Å². The van der Waals surface area contributed by atoms with Gasteiger partial charge in [-0.1, -0.05) is 88.0 Å². The average Bonchev–Trinajstić information content (AvgIpc) is 2.51. The molecule has 0 unspecified atom stereocenters. The molecule has 0 fully saturated rings. The van der Waals surface area contributed by atoms with Crippen LogP contribution in [0.1, 0.15) is 33.4 Å². The van der Waals surface area contributed by atoms with Crippen LogP contribution in [-0.2, 0) is 0 Å². The second kappa shape index (κ2) is 7.06. The van der Waals surface area contributed by atoms with Crippen molar-refractivity contribution in [2.75, 3.05) is 0 Å². The lowest BCUT2D eigenvalue weighted by Gasteiger charge is -2.28. The fourth-order valence-electron chi connectivity index (χ4n) is 4.02. The lowest BCUT2D eigenvalue weighted by Crippen LogP contribution is -2.63. The zero-order valence-corrected chi connectivity index (χ0v) is 18.3. The van der Waals surface area contributed by atoms with Crippen molar-refractivity contribution in [2.24, 2.45) is 0 Å². The van der Waals surface area contributed by atoms with Crippen molar-refractivity contribution in [3.63, 3.8) is 0 Å². The van der Waals surface area contributed by atoms with Crippen LogP contribution in [0.5, 0.6) is 0 Å². The maximum atomic E-state index is 7.69. The predicted molar refractivity (Wildman–Crippen MR) is 118 cm³/mol. The molecule has 2 heteroatoms. The molecule has 0 saturated carbocycles. The summed E-state index contributed by atoms with van der Waals surface area (Å²) >= 11 is 7.69. The van der Waals surface area contributed by atoms with E-state index in [0.717, 1.165) is 0 Å². The van der Waals surface area contributed by atoms with Gasteiger partial charge in [0, 0.05) is 0 Å². The third kappa shape index (κ3) is 3.65. The summed E-state index contributed by atoms with van der Waals surface area (Å²) in [6, 6.07) is 20.3. The van der Waals surface area contributed by atoms with E-state index in [1.165, 1.54) is 48.9 Å². The first-order valence-corrected chi connectivity index (χ1v) is 12.1. The van der Waals surface area contributed by atoms with E-state index in [-0.39, 0.29) is 0 Å². The van der Waals surface area contributed by atoms with Crippen molar-refractivity contribution in [2.45, 2.75) is 41.5 Å². The summed E-state index contributed by atoms with van der Waals surface area (Å²) in [7, 11) is -2.59. The van der Waals surface area contributed by atoms with Gasteiger partial charge in [0.1, 0.15) is 0 Å². The van der Waals surface area contributed by atoms with Crippen LogP contribution in [0.2, 0.25) is 0 Å². The Labute approximate surface area is 163 Å². The van der Waals surface area contributed by atoms with Gasteiger partial charge in [0.25, 0.3) is 0 Å². The van der Waals surface area contributed by atoms with Gasteiger partial charge in [-0.25, -0.2) is 0 Å². The molecular weight excluding hydrogens is 352 g/mol. The quantitative estimate of drug-likeness (QED) is 0.350. The van der Waals surface area contributed by atoms with E-state index in [0.29, 0.717) is 0 Å². The van der Waals surface area contributed by atoms with E-state index in [9.17, 15) is 0 Å². The van der Waals surface area contributed by atoms with Crippen LogP contribution in [0.15, 0.2) is 54.6 Å². The predicted octanol–water partition coefficient (Wildman–Crippen LogP) is 4.74. The van der Waals surface area contributed by atoms with Crippen molar-refractivity contribution < 1.29 is 0 Å². The molecule has 0 radical (unpaired) electrons. The third-order valence-corrected chi connectivity index (χ3v) is 10.1. The third-order valence-electron chi connectivity index (χ3n) is 4.86. The van der Waals surface area contributed by atoms with E-state index in [1.807, 2.05) is 0 Å². The van der Waals surface area contributed by atoms with E-state index < -0.39 is 7.38 Å². The zero-order chi connectivity index (χ0) is 19.1. The standard InChI is InChI=1S/C24H27ClSi/c1-16-7-17(2)11-22(10-16)26(25,23-12-18(3)8-19(4)13-23)24-14-20(5)9-21(6)15-24/h7-15H,1-6H3. The Morgan fingerprint density at radius 2 is 0.615 bits per heavy atom. The van der Waals surface area contributed by atoms with Crippen LogP contribution >= 0.6 is 11.1 Å². The summed E-state index contributed by atoms with van der Waals surface area (Å²) in [5.74, 6) is 0. The minimum atomic E-state index is -2.59. The van der Waals surface area contributed by atoms with Crippen LogP contribution in [0.4, 0.5) is 0 Å². The zero-order valence-electron chi connectivity index (χ0n) is 16.6. The molecule has 0 aromatic heterocycles. The summed E-state index contributed by atoms with van der Waals surface area (Å²) in [5, 5.41) is 3.81. The number of benzene rings is 3. The molecule has 0 saturated heterocycles. The number of rotatable bonds is 3. The Morgan fingerprint density at radius 1 is 0.423 bits per heavy atom. The molecule has 26 heavy (non-hydrogen) atoms. The number of aryl methyl sites for hydroxylation is 6. The highest BCUT2D eigenvalue weighted by Gasteiger charge is 2.38. The fourth-order valence-corrected chi connectivity index (χ4v) is 8.56. The fraction of sp³-hybridized carbons (Fsp3) is 0.250. The smallest absolute Gasteiger partial charge is 0.149 e. The molecule has 0 aliphatic rings. The monoisotopic (exact) mass is 378 g/mol. The Bertz CT molecular complexity index is 786. The number of halogens is 1. The number of hydrogen-bond acceptors (Lipinski definition) is 0. The first-order chi connectivity index (χ1) is 12.2. The van der Waals surface area contributed by atoms with Gasteiger partial charge in [0.05, 0.1) is 0 Å². The van der Waals surface area contributed by atoms with Gasteiger partial charge in [0.2, 0.25) is 7.38 Å². The molecule has 134 valence electrons. The topological polar surface area (TPSA) is 0 Å². The Hall–Kier alpha value is -1.83. The molecule has 3 aromatic carbocycles. The SMILES string of the molecule is Cc1cc(C)cc([Si](Cl)(c2cc(C)cc(C)c2)c2cc(C)cc(C)c2)c1. The molecule has 0 amide bonds. The highest BCUT2D eigenvalue weighted by atomic mass is 35.6. The van der Waals surface area contributed by atoms with Crippen molar-refractivity contribution in [1.29, 1.82) is 0 Å². The molecule has 0 atom stereocenters. The summed E-state index contributed by atoms with van der Waals surface area (Å²) in [5.41, 5.74) is 7.62. The molecule has 0 N–H and O–H groups in total. The molecule has 3 rings (SSSR count). The highest BCUT2D eigenvalue weighted by Crippen LogP contribution is 2.17. The molecule has 3 aromatic rings. The minimum absolute atomic E-state index is 1.27. The molecule has 0 spiro atoms. The first-order valence-electron chi connectivity index (χ1n) is 9.14. The van der Waals surface area contributed by atoms with Crippen molar-refractivity contribution in [3.05, 3.63) is 88.0 Å². The Kier molecular flexibility index (Phi) is 5.14. The second-order valence-corrected chi connectivity index (χ2v) is 12.5. The summed E-state index contributed by atoms with van der Waals surface area (Å²) < 4.78 is 0. The molecule has 0 aliphatic carbocycles. The van der Waals surface area contributed by atoms with E-state index in [2.05, 4.69) is 96.1 Å². The van der Waals surface area contributed by atoms with Gasteiger partial charge in [-0.2, -0.15) is 0 Å². The Balaban J connectivity index is 2.38. The largest absolute Gasteiger partial charge is 0.247 e. The maximum Gasteiger partial charge on any atom is 0.247 e. The average molecular weight is 379 g/mol. The van der Waals surface area contributed by atoms with Gasteiger partial charge in [-0.05, 0) is 57.1 Å². The van der Waals surface area contributed by atoms with Gasteiger partial charge >= 0.3 is 0 Å². The van der Waals surface area contributed by atoms with Crippen LogP contribution in [-0.4, -0.2) is 7.38 Å². The van der Waals surface area contributed by atoms with Gasteiger partial charge in [-0.15, -0.1) is 11.1 Å². The molecule has 0 nitrogen and oxygen atoms in total. The van der Waals surface area contributed by atoms with Gasteiger partial charge < -0.3 is 0 Å². The summed E-state index contributed by atoms with van der Waals surface area (Å²) in [4.78, 5) is 0. The van der Waals surface area contributed by atoms with E-state index in [1.54, 1.807) is 0 Å². The lowest BCUT2D eigenvalue weighted by molar-refractivity contribution is 1.39. The summed E-state index contributed by atoms with van der Waals surface area (Å²) in [6.07, 6.45) is 0. The van der Waals surface area contributed by atoms with Crippen LogP contribution in [0.3, 0.4) is 0 Å². The van der Waals surface area contributed by atoms with Crippen molar-refractivity contribution >= 4 is 34.0 Å². The second-order valence-electron chi connectivity index (χ2n) is 7.79. The van der Waals surface area contributed by atoms with Gasteiger partial charge in [0.15, 0.2) is 0 Å². The lowest BCUT2D eigenvalue weighted by atomic mass is 10.1. The molecule has 0 aliphatic heterocycles. The molecule has 0 heterocycles. The summed E-state index contributed by atoms with van der Waals surface area (Å²) in [6.45, 7) is 12.9. The highest BCUT2D eigenvalue weighted by molar-refractivity contribution is 7.40. The van der Waals surface area contributed by atoms with E-state index >= 15 is 0 Å². The van der Waals surface area contributed by atoms with Crippen molar-refractivity contribution in [1.82, 2.24) is 0 Å². The Morgan fingerprint density at radius 3 is 0.808 bits per heavy atom. The normalized spacial score (nSPS) is 11.7. The maximum absolute atomic E-state index is 7.69. The first kappa shape index (κ1) is 18.9. The van der Waals surface area contributed by atoms with E-state index in [4.69, 9.17) is 11.1 Å². The van der Waals surface area contributed by atoms with Crippen LogP contribution in [0.25, 0.3) is 0 Å². The minimum Gasteiger partial charge on any atom is -0.149 e. The van der Waals surface area contributed by atoms with Crippen LogP contribution < -0.4 is 15.6 Å². The van der Waals surface area contributed by atoms with Gasteiger partial charge in [-0.3, -0.25) is 0 Å². The van der Waals surface area contributed by atoms with Crippen molar-refractivity contribution in [3.8, 4) is 0 Å². The number of hydrogen-bond donors (Lipinski definition) is 0. The molecule has 0 bridgehead atoms. The molecular formula is C24H27ClSi.